The normalized spacial score (nSPS) is 30.3. The molecule has 0 aromatic carbocycles. The second-order valence-corrected chi connectivity index (χ2v) is 3.92. The van der Waals surface area contributed by atoms with Gasteiger partial charge in [-0.15, -0.1) is 0 Å². The fourth-order valence-corrected chi connectivity index (χ4v) is 2.17. The summed E-state index contributed by atoms with van der Waals surface area (Å²) >= 11 is 0. The second kappa shape index (κ2) is 3.55. The van der Waals surface area contributed by atoms with E-state index in [1.807, 2.05) is 0 Å². The summed E-state index contributed by atoms with van der Waals surface area (Å²) in [7, 11) is 0. The van der Waals surface area contributed by atoms with Crippen LogP contribution in [0.4, 0.5) is 0 Å². The predicted octanol–water partition coefficient (Wildman–Crippen LogP) is 1.10. The molecule has 0 aliphatic heterocycles. The number of hydrogen-bond donors (Lipinski definition) is 2. The number of hydrogen-bond acceptors (Lipinski definition) is 2. The quantitative estimate of drug-likeness (QED) is 0.629. The highest BCUT2D eigenvalue weighted by Gasteiger charge is 2.35. The molecule has 11 heavy (non-hydrogen) atoms. The van der Waals surface area contributed by atoms with Crippen molar-refractivity contribution in [3.63, 3.8) is 0 Å². The summed E-state index contributed by atoms with van der Waals surface area (Å²) in [5.74, 6) is 0.728. The van der Waals surface area contributed by atoms with E-state index in [4.69, 9.17) is 11.5 Å². The summed E-state index contributed by atoms with van der Waals surface area (Å²) in [6, 6.07) is 0. The van der Waals surface area contributed by atoms with Gasteiger partial charge < -0.3 is 11.5 Å². The molecule has 1 rings (SSSR count). The van der Waals surface area contributed by atoms with Gasteiger partial charge in [0.15, 0.2) is 0 Å². The van der Waals surface area contributed by atoms with E-state index in [1.54, 1.807) is 0 Å². The van der Waals surface area contributed by atoms with Crippen LogP contribution in [-0.4, -0.2) is 13.1 Å². The fourth-order valence-electron chi connectivity index (χ4n) is 2.17. The average Bonchev–Trinajstić information content (AvgIpc) is 2.06. The van der Waals surface area contributed by atoms with Crippen LogP contribution in [0.2, 0.25) is 0 Å². The summed E-state index contributed by atoms with van der Waals surface area (Å²) in [5.41, 5.74) is 11.8. The van der Waals surface area contributed by atoms with Crippen molar-refractivity contribution < 1.29 is 0 Å². The molecular weight excluding hydrogens is 136 g/mol. The summed E-state index contributed by atoms with van der Waals surface area (Å²) in [5, 5.41) is 0. The van der Waals surface area contributed by atoms with Crippen molar-refractivity contribution in [2.24, 2.45) is 22.8 Å². The topological polar surface area (TPSA) is 52.0 Å². The molecule has 0 saturated heterocycles. The van der Waals surface area contributed by atoms with Crippen molar-refractivity contribution in [2.45, 2.75) is 32.6 Å². The van der Waals surface area contributed by atoms with Crippen molar-refractivity contribution in [3.8, 4) is 0 Å². The van der Waals surface area contributed by atoms with Crippen LogP contribution in [0.15, 0.2) is 0 Å². The van der Waals surface area contributed by atoms with Crippen molar-refractivity contribution >= 4 is 0 Å². The summed E-state index contributed by atoms with van der Waals surface area (Å²) in [6.07, 6.45) is 5.23. The molecule has 1 fully saturated rings. The van der Waals surface area contributed by atoms with Gasteiger partial charge in [0.25, 0.3) is 0 Å². The minimum atomic E-state index is 0.276. The Morgan fingerprint density at radius 2 is 1.91 bits per heavy atom. The molecule has 0 spiro atoms. The Morgan fingerprint density at radius 1 is 1.27 bits per heavy atom. The van der Waals surface area contributed by atoms with Gasteiger partial charge >= 0.3 is 0 Å². The molecule has 2 heteroatoms. The van der Waals surface area contributed by atoms with Crippen LogP contribution in [0.3, 0.4) is 0 Å². The molecule has 0 radical (unpaired) electrons. The summed E-state index contributed by atoms with van der Waals surface area (Å²) in [6.45, 7) is 3.83. The van der Waals surface area contributed by atoms with E-state index in [2.05, 4.69) is 6.92 Å². The maximum Gasteiger partial charge on any atom is -0.000588 e. The maximum atomic E-state index is 5.76. The lowest BCUT2D eigenvalue weighted by atomic mass is 9.67. The van der Waals surface area contributed by atoms with Crippen LogP contribution in [0.5, 0.6) is 0 Å². The van der Waals surface area contributed by atoms with E-state index in [-0.39, 0.29) is 5.41 Å². The van der Waals surface area contributed by atoms with Gasteiger partial charge in [-0.25, -0.2) is 0 Å². The zero-order valence-corrected chi connectivity index (χ0v) is 7.47. The number of nitrogens with two attached hydrogens (primary N) is 2. The van der Waals surface area contributed by atoms with Gasteiger partial charge in [-0.2, -0.15) is 0 Å². The molecule has 1 unspecified atom stereocenters. The van der Waals surface area contributed by atoms with Gasteiger partial charge in [0.1, 0.15) is 0 Å². The lowest BCUT2D eigenvalue weighted by molar-refractivity contribution is 0.126. The van der Waals surface area contributed by atoms with Crippen molar-refractivity contribution in [1.82, 2.24) is 0 Å². The van der Waals surface area contributed by atoms with Gasteiger partial charge in [-0.3, -0.25) is 0 Å². The van der Waals surface area contributed by atoms with E-state index in [0.29, 0.717) is 0 Å². The van der Waals surface area contributed by atoms with Crippen molar-refractivity contribution in [1.29, 1.82) is 0 Å². The SMILES string of the molecule is CC1CCCCC1(CN)CN. The molecule has 2 nitrogen and oxygen atoms in total. The molecule has 0 amide bonds. The van der Waals surface area contributed by atoms with Gasteiger partial charge in [-0.1, -0.05) is 26.2 Å². The Hall–Kier alpha value is -0.0800. The average molecular weight is 156 g/mol. The molecule has 1 saturated carbocycles. The van der Waals surface area contributed by atoms with E-state index in [9.17, 15) is 0 Å². The Balaban J connectivity index is 2.61. The van der Waals surface area contributed by atoms with Gasteiger partial charge in [0.05, 0.1) is 0 Å². The van der Waals surface area contributed by atoms with Crippen molar-refractivity contribution in [2.75, 3.05) is 13.1 Å². The van der Waals surface area contributed by atoms with Crippen LogP contribution in [0, 0.1) is 11.3 Å². The standard InChI is InChI=1S/C9H20N2/c1-8-4-2-3-5-9(8,6-10)7-11/h8H,2-7,10-11H2,1H3. The monoisotopic (exact) mass is 156 g/mol. The molecule has 1 aliphatic carbocycles. The van der Waals surface area contributed by atoms with Crippen LogP contribution in [0.1, 0.15) is 32.6 Å². The molecule has 1 aliphatic rings. The smallest absolute Gasteiger partial charge is 0.000588 e. The Labute approximate surface area is 69.3 Å². The lowest BCUT2D eigenvalue weighted by Gasteiger charge is -2.41. The third kappa shape index (κ3) is 1.57. The summed E-state index contributed by atoms with van der Waals surface area (Å²) < 4.78 is 0. The molecule has 4 N–H and O–H groups in total. The molecule has 0 heterocycles. The Bertz CT molecular complexity index is 119. The molecule has 66 valence electrons. The molecule has 1 atom stereocenters. The van der Waals surface area contributed by atoms with Gasteiger partial charge in [0.2, 0.25) is 0 Å². The van der Waals surface area contributed by atoms with Crippen LogP contribution < -0.4 is 11.5 Å². The zero-order valence-electron chi connectivity index (χ0n) is 7.47. The highest BCUT2D eigenvalue weighted by atomic mass is 14.7. The largest absolute Gasteiger partial charge is 0.330 e. The minimum Gasteiger partial charge on any atom is -0.330 e. The third-order valence-corrected chi connectivity index (χ3v) is 3.42. The fraction of sp³-hybridized carbons (Fsp3) is 1.00. The Morgan fingerprint density at radius 3 is 2.27 bits per heavy atom. The molecular formula is C9H20N2. The van der Waals surface area contributed by atoms with Crippen molar-refractivity contribution in [3.05, 3.63) is 0 Å². The molecule has 0 aromatic rings. The van der Waals surface area contributed by atoms with E-state index >= 15 is 0 Å². The first-order valence-electron chi connectivity index (χ1n) is 4.65. The zero-order chi connectivity index (χ0) is 8.32. The summed E-state index contributed by atoms with van der Waals surface area (Å²) in [4.78, 5) is 0. The molecule has 0 aromatic heterocycles. The highest BCUT2D eigenvalue weighted by Crippen LogP contribution is 2.39. The highest BCUT2D eigenvalue weighted by molar-refractivity contribution is 4.89. The first-order chi connectivity index (χ1) is 5.25. The van der Waals surface area contributed by atoms with Gasteiger partial charge in [0, 0.05) is 0 Å². The lowest BCUT2D eigenvalue weighted by Crippen LogP contribution is -2.45. The van der Waals surface area contributed by atoms with Crippen LogP contribution in [-0.2, 0) is 0 Å². The van der Waals surface area contributed by atoms with E-state index < -0.39 is 0 Å². The second-order valence-electron chi connectivity index (χ2n) is 3.92. The third-order valence-electron chi connectivity index (χ3n) is 3.42. The maximum absolute atomic E-state index is 5.76. The predicted molar refractivity (Wildman–Crippen MR) is 48.2 cm³/mol. The Kier molecular flexibility index (Phi) is 2.90. The first kappa shape index (κ1) is 9.01. The van der Waals surface area contributed by atoms with Crippen LogP contribution in [0.25, 0.3) is 0 Å². The van der Waals surface area contributed by atoms with E-state index in [0.717, 1.165) is 19.0 Å². The minimum absolute atomic E-state index is 0.276. The van der Waals surface area contributed by atoms with E-state index in [1.165, 1.54) is 25.7 Å². The molecule has 0 bridgehead atoms. The number of rotatable bonds is 2. The van der Waals surface area contributed by atoms with Gasteiger partial charge in [-0.05, 0) is 30.8 Å². The first-order valence-corrected chi connectivity index (χ1v) is 4.65. The van der Waals surface area contributed by atoms with Crippen LogP contribution >= 0.6 is 0 Å².